The fourth-order valence-electron chi connectivity index (χ4n) is 1.83. The third kappa shape index (κ3) is 4.76. The average Bonchev–Trinajstić information content (AvgIpc) is 2.41. The van der Waals surface area contributed by atoms with Gasteiger partial charge in [0.15, 0.2) is 0 Å². The molecule has 0 radical (unpaired) electrons. The monoisotopic (exact) mass is 385 g/mol. The Kier molecular flexibility index (Phi) is 5.79. The highest BCUT2D eigenvalue weighted by molar-refractivity contribution is 14.1. The molecule has 20 heavy (non-hydrogen) atoms. The summed E-state index contributed by atoms with van der Waals surface area (Å²) >= 11 is 2.23. The minimum absolute atomic E-state index is 0.277. The Morgan fingerprint density at radius 1 is 1.10 bits per heavy atom. The van der Waals surface area contributed by atoms with Gasteiger partial charge in [-0.3, -0.25) is 0 Å². The molecular weight excluding hydrogens is 368 g/mol. The smallest absolute Gasteiger partial charge is 0.130 e. The van der Waals surface area contributed by atoms with Gasteiger partial charge in [-0.05, 0) is 77.5 Å². The van der Waals surface area contributed by atoms with E-state index in [2.05, 4.69) is 34.8 Å². The largest absolute Gasteiger partial charge is 0.457 e. The number of hydrogen-bond acceptors (Lipinski definition) is 2. The second-order valence-corrected chi connectivity index (χ2v) is 5.77. The summed E-state index contributed by atoms with van der Waals surface area (Å²) in [4.78, 5) is 0. The number of ether oxygens (including phenoxy) is 1. The van der Waals surface area contributed by atoms with Gasteiger partial charge in [0.1, 0.15) is 17.3 Å². The predicted molar refractivity (Wildman–Crippen MR) is 87.6 cm³/mol. The fourth-order valence-corrected chi connectivity index (χ4v) is 2.19. The van der Waals surface area contributed by atoms with Gasteiger partial charge >= 0.3 is 0 Å². The first kappa shape index (κ1) is 15.3. The summed E-state index contributed by atoms with van der Waals surface area (Å²) in [5.41, 5.74) is 0.888. The lowest BCUT2D eigenvalue weighted by Crippen LogP contribution is -2.13. The van der Waals surface area contributed by atoms with Crippen LogP contribution in [0.15, 0.2) is 42.5 Å². The highest BCUT2D eigenvalue weighted by Crippen LogP contribution is 2.24. The Hall–Kier alpha value is -1.14. The zero-order valence-corrected chi connectivity index (χ0v) is 13.5. The third-order valence-corrected chi connectivity index (χ3v) is 3.46. The van der Waals surface area contributed by atoms with Gasteiger partial charge in [0.25, 0.3) is 0 Å². The van der Waals surface area contributed by atoms with E-state index in [0.29, 0.717) is 18.0 Å². The van der Waals surface area contributed by atoms with Gasteiger partial charge in [0.2, 0.25) is 0 Å². The molecule has 0 bridgehead atoms. The molecule has 0 aliphatic rings. The highest BCUT2D eigenvalue weighted by Gasteiger charge is 2.03. The lowest BCUT2D eigenvalue weighted by atomic mass is 10.2. The molecule has 0 unspecified atom stereocenters. The van der Waals surface area contributed by atoms with E-state index in [1.807, 2.05) is 30.3 Å². The second kappa shape index (κ2) is 7.59. The molecule has 1 N–H and O–H groups in total. The van der Waals surface area contributed by atoms with Crippen LogP contribution in [0.25, 0.3) is 0 Å². The SMILES string of the molecule is CCCNCc1cc(F)cc(Oc2ccc(I)cc2)c1. The van der Waals surface area contributed by atoms with Crippen LogP contribution in [0.5, 0.6) is 11.5 Å². The molecule has 4 heteroatoms. The number of benzene rings is 2. The minimum atomic E-state index is -0.277. The van der Waals surface area contributed by atoms with Gasteiger partial charge in [-0.15, -0.1) is 0 Å². The minimum Gasteiger partial charge on any atom is -0.457 e. The van der Waals surface area contributed by atoms with E-state index in [9.17, 15) is 4.39 Å². The first-order chi connectivity index (χ1) is 9.67. The maximum absolute atomic E-state index is 13.6. The lowest BCUT2D eigenvalue weighted by molar-refractivity contribution is 0.475. The highest BCUT2D eigenvalue weighted by atomic mass is 127. The van der Waals surface area contributed by atoms with Gasteiger partial charge in [-0.25, -0.2) is 4.39 Å². The van der Waals surface area contributed by atoms with E-state index in [4.69, 9.17) is 4.74 Å². The molecule has 0 heterocycles. The molecule has 0 fully saturated rings. The maximum atomic E-state index is 13.6. The normalized spacial score (nSPS) is 10.6. The van der Waals surface area contributed by atoms with Crippen molar-refractivity contribution in [1.82, 2.24) is 5.32 Å². The van der Waals surface area contributed by atoms with Crippen molar-refractivity contribution in [1.29, 1.82) is 0 Å². The van der Waals surface area contributed by atoms with Crippen molar-refractivity contribution in [3.8, 4) is 11.5 Å². The molecule has 0 atom stereocenters. The van der Waals surface area contributed by atoms with Crippen molar-refractivity contribution in [3.05, 3.63) is 57.4 Å². The number of rotatable bonds is 6. The molecule has 2 nitrogen and oxygen atoms in total. The summed E-state index contributed by atoms with van der Waals surface area (Å²) < 4.78 is 20.4. The second-order valence-electron chi connectivity index (χ2n) is 4.53. The summed E-state index contributed by atoms with van der Waals surface area (Å²) in [6, 6.07) is 12.5. The summed E-state index contributed by atoms with van der Waals surface area (Å²) in [6.07, 6.45) is 1.06. The van der Waals surface area contributed by atoms with Gasteiger partial charge in [0, 0.05) is 16.2 Å². The van der Waals surface area contributed by atoms with Crippen molar-refractivity contribution in [3.63, 3.8) is 0 Å². The molecule has 0 spiro atoms. The molecule has 0 aliphatic carbocycles. The van der Waals surface area contributed by atoms with Crippen molar-refractivity contribution in [2.24, 2.45) is 0 Å². The molecular formula is C16H17FINO. The molecule has 2 aromatic rings. The molecule has 0 aliphatic heterocycles. The maximum Gasteiger partial charge on any atom is 0.130 e. The first-order valence-corrected chi connectivity index (χ1v) is 7.69. The zero-order valence-electron chi connectivity index (χ0n) is 11.3. The van der Waals surface area contributed by atoms with Crippen molar-refractivity contribution in [2.45, 2.75) is 19.9 Å². The Balaban J connectivity index is 2.09. The summed E-state index contributed by atoms with van der Waals surface area (Å²) in [7, 11) is 0. The van der Waals surface area contributed by atoms with E-state index >= 15 is 0 Å². The average molecular weight is 385 g/mol. The van der Waals surface area contributed by atoms with Crippen LogP contribution >= 0.6 is 22.6 Å². The summed E-state index contributed by atoms with van der Waals surface area (Å²) in [5.74, 6) is 0.962. The first-order valence-electron chi connectivity index (χ1n) is 6.61. The standard InChI is InChI=1S/C16H17FINO/c1-2-7-19-11-12-8-13(17)10-16(9-12)20-15-5-3-14(18)4-6-15/h3-6,8-10,19H,2,7,11H2,1H3. The van der Waals surface area contributed by atoms with Crippen LogP contribution in [0.1, 0.15) is 18.9 Å². The molecule has 0 amide bonds. The van der Waals surface area contributed by atoms with Crippen LogP contribution in [0.4, 0.5) is 4.39 Å². The Morgan fingerprint density at radius 2 is 1.85 bits per heavy atom. The predicted octanol–water partition coefficient (Wildman–Crippen LogP) is 4.72. The van der Waals surface area contributed by atoms with Crippen LogP contribution < -0.4 is 10.1 Å². The quantitative estimate of drug-likeness (QED) is 0.574. The van der Waals surface area contributed by atoms with Gasteiger partial charge in [-0.1, -0.05) is 6.92 Å². The number of hydrogen-bond donors (Lipinski definition) is 1. The van der Waals surface area contributed by atoms with Crippen LogP contribution in [-0.4, -0.2) is 6.54 Å². The van der Waals surface area contributed by atoms with E-state index in [-0.39, 0.29) is 5.82 Å². The zero-order chi connectivity index (χ0) is 14.4. The topological polar surface area (TPSA) is 21.3 Å². The Labute approximate surface area is 132 Å². The Morgan fingerprint density at radius 3 is 2.55 bits per heavy atom. The lowest BCUT2D eigenvalue weighted by Gasteiger charge is -2.09. The fraction of sp³-hybridized carbons (Fsp3) is 0.250. The van der Waals surface area contributed by atoms with Gasteiger partial charge in [0.05, 0.1) is 0 Å². The molecule has 0 saturated heterocycles. The molecule has 106 valence electrons. The Bertz CT molecular complexity index is 557. The molecule has 2 aromatic carbocycles. The number of halogens is 2. The van der Waals surface area contributed by atoms with E-state index < -0.39 is 0 Å². The summed E-state index contributed by atoms with van der Waals surface area (Å²) in [6.45, 7) is 3.67. The van der Waals surface area contributed by atoms with Crippen LogP contribution in [0, 0.1) is 9.39 Å². The third-order valence-electron chi connectivity index (χ3n) is 2.74. The summed E-state index contributed by atoms with van der Waals surface area (Å²) in [5, 5.41) is 3.25. The van der Waals surface area contributed by atoms with Gasteiger partial charge < -0.3 is 10.1 Å². The number of nitrogens with one attached hydrogen (secondary N) is 1. The van der Waals surface area contributed by atoms with Crippen LogP contribution in [0.2, 0.25) is 0 Å². The molecule has 0 aromatic heterocycles. The van der Waals surface area contributed by atoms with E-state index in [0.717, 1.165) is 22.1 Å². The van der Waals surface area contributed by atoms with E-state index in [1.54, 1.807) is 0 Å². The van der Waals surface area contributed by atoms with E-state index in [1.165, 1.54) is 12.1 Å². The molecule has 2 rings (SSSR count). The van der Waals surface area contributed by atoms with Crippen molar-refractivity contribution >= 4 is 22.6 Å². The van der Waals surface area contributed by atoms with Crippen molar-refractivity contribution in [2.75, 3.05) is 6.54 Å². The van der Waals surface area contributed by atoms with Crippen molar-refractivity contribution < 1.29 is 9.13 Å². The van der Waals surface area contributed by atoms with Crippen LogP contribution in [0.3, 0.4) is 0 Å². The molecule has 0 saturated carbocycles. The van der Waals surface area contributed by atoms with Gasteiger partial charge in [-0.2, -0.15) is 0 Å². The van der Waals surface area contributed by atoms with Crippen LogP contribution in [-0.2, 0) is 6.54 Å².